The maximum absolute atomic E-state index is 9.04. The van der Waals surface area contributed by atoms with Crippen LogP contribution in [0.25, 0.3) is 5.76 Å². The van der Waals surface area contributed by atoms with Gasteiger partial charge in [-0.25, -0.2) is 0 Å². The van der Waals surface area contributed by atoms with Gasteiger partial charge in [0.2, 0.25) is 0 Å². The van der Waals surface area contributed by atoms with Crippen molar-refractivity contribution in [2.45, 2.75) is 13.3 Å². The van der Waals surface area contributed by atoms with Crippen LogP contribution in [0.15, 0.2) is 53.3 Å². The fourth-order valence-electron chi connectivity index (χ4n) is 2.39. The number of benzene rings is 1. The number of anilines is 1. The minimum Gasteiger partial charge on any atom is -0.461 e. The molecule has 1 aliphatic heterocycles. The van der Waals surface area contributed by atoms with Crippen LogP contribution in [-0.2, 0) is 4.74 Å². The zero-order chi connectivity index (χ0) is 17.5. The molecule has 2 rings (SSSR count). The second-order valence-corrected chi connectivity index (χ2v) is 5.47. The first-order valence-corrected chi connectivity index (χ1v) is 7.63. The summed E-state index contributed by atoms with van der Waals surface area (Å²) in [6.45, 7) is 2.73. The highest BCUT2D eigenvalue weighted by molar-refractivity contribution is 5.70. The molecule has 0 radical (unpaired) electrons. The maximum atomic E-state index is 9.04. The van der Waals surface area contributed by atoms with Crippen molar-refractivity contribution in [1.29, 1.82) is 10.5 Å². The molecule has 1 heterocycles. The van der Waals surface area contributed by atoms with Gasteiger partial charge in [0.15, 0.2) is 0 Å². The Kier molecular flexibility index (Phi) is 5.78. The summed E-state index contributed by atoms with van der Waals surface area (Å²) in [4.78, 5) is 2.07. The molecule has 0 bridgehead atoms. The molecule has 5 heteroatoms. The average Bonchev–Trinajstić information content (AvgIpc) is 2.60. The maximum Gasteiger partial charge on any atom is 0.137 e. The molecular formula is C19H19N3O2. The second kappa shape index (κ2) is 8.01. The van der Waals surface area contributed by atoms with Crippen molar-refractivity contribution in [3.8, 4) is 12.1 Å². The van der Waals surface area contributed by atoms with Gasteiger partial charge in [0.25, 0.3) is 0 Å². The Morgan fingerprint density at radius 2 is 1.83 bits per heavy atom. The largest absolute Gasteiger partial charge is 0.461 e. The van der Waals surface area contributed by atoms with E-state index in [2.05, 4.69) is 4.90 Å². The third kappa shape index (κ3) is 4.04. The van der Waals surface area contributed by atoms with E-state index in [0.717, 1.165) is 24.2 Å². The molecular weight excluding hydrogens is 302 g/mol. The lowest BCUT2D eigenvalue weighted by atomic mass is 10.0. The summed E-state index contributed by atoms with van der Waals surface area (Å²) in [6, 6.07) is 11.6. The van der Waals surface area contributed by atoms with Gasteiger partial charge >= 0.3 is 0 Å². The van der Waals surface area contributed by atoms with Gasteiger partial charge in [0.1, 0.15) is 29.2 Å². The van der Waals surface area contributed by atoms with Gasteiger partial charge in [-0.15, -0.1) is 0 Å². The zero-order valence-corrected chi connectivity index (χ0v) is 13.8. The van der Waals surface area contributed by atoms with E-state index in [1.165, 1.54) is 0 Å². The smallest absolute Gasteiger partial charge is 0.137 e. The fraction of sp³-hybridized carbons (Fsp3) is 0.263. The minimum absolute atomic E-state index is 0.0653. The number of aliphatic hydroxyl groups is 1. The molecule has 1 aromatic rings. The molecule has 0 saturated heterocycles. The topological polar surface area (TPSA) is 80.3 Å². The van der Waals surface area contributed by atoms with E-state index in [0.29, 0.717) is 17.1 Å². The van der Waals surface area contributed by atoms with Gasteiger partial charge in [-0.05, 0) is 49.8 Å². The van der Waals surface area contributed by atoms with Gasteiger partial charge in [-0.2, -0.15) is 10.5 Å². The summed E-state index contributed by atoms with van der Waals surface area (Å²) in [5, 5.41) is 27.0. The van der Waals surface area contributed by atoms with Crippen LogP contribution in [0, 0.1) is 22.7 Å². The number of ether oxygens (including phenoxy) is 1. The Morgan fingerprint density at radius 3 is 2.42 bits per heavy atom. The first-order chi connectivity index (χ1) is 11.6. The quantitative estimate of drug-likeness (QED) is 0.843. The SMILES string of the molecule is CC1=CC(=C(C#N)C#N)C=C(c2ccc(N(C)CCCO)cc2)O1. The minimum atomic E-state index is 0.0653. The Balaban J connectivity index is 2.27. The van der Waals surface area contributed by atoms with Crippen LogP contribution in [0.5, 0.6) is 0 Å². The van der Waals surface area contributed by atoms with Crippen LogP contribution < -0.4 is 4.90 Å². The molecule has 1 N–H and O–H groups in total. The molecule has 0 aromatic heterocycles. The molecule has 24 heavy (non-hydrogen) atoms. The normalized spacial score (nSPS) is 13.1. The molecule has 0 unspecified atom stereocenters. The van der Waals surface area contributed by atoms with Crippen molar-refractivity contribution in [3.05, 3.63) is 58.9 Å². The third-order valence-electron chi connectivity index (χ3n) is 3.67. The first kappa shape index (κ1) is 17.3. The summed E-state index contributed by atoms with van der Waals surface area (Å²) in [5.41, 5.74) is 2.54. The Bertz CT molecular complexity index is 758. The van der Waals surface area contributed by atoms with E-state index in [1.807, 2.05) is 43.5 Å². The number of hydrogen-bond donors (Lipinski definition) is 1. The van der Waals surface area contributed by atoms with E-state index in [4.69, 9.17) is 20.4 Å². The fourth-order valence-corrected chi connectivity index (χ4v) is 2.39. The molecule has 0 fully saturated rings. The second-order valence-electron chi connectivity index (χ2n) is 5.47. The number of allylic oxidation sites excluding steroid dienone is 5. The van der Waals surface area contributed by atoms with E-state index in [-0.39, 0.29) is 12.2 Å². The molecule has 1 aromatic carbocycles. The van der Waals surface area contributed by atoms with E-state index in [9.17, 15) is 0 Å². The van der Waals surface area contributed by atoms with Crippen molar-refractivity contribution in [2.75, 3.05) is 25.1 Å². The van der Waals surface area contributed by atoms with Gasteiger partial charge in [-0.1, -0.05) is 0 Å². The highest BCUT2D eigenvalue weighted by Gasteiger charge is 2.14. The van der Waals surface area contributed by atoms with Crippen LogP contribution in [0.1, 0.15) is 18.9 Å². The monoisotopic (exact) mass is 321 g/mol. The molecule has 0 amide bonds. The van der Waals surface area contributed by atoms with Crippen molar-refractivity contribution in [1.82, 2.24) is 0 Å². The lowest BCUT2D eigenvalue weighted by Gasteiger charge is -2.20. The zero-order valence-electron chi connectivity index (χ0n) is 13.8. The van der Waals surface area contributed by atoms with Crippen LogP contribution in [-0.4, -0.2) is 25.3 Å². The molecule has 0 atom stereocenters. The molecule has 5 nitrogen and oxygen atoms in total. The summed E-state index contributed by atoms with van der Waals surface area (Å²) < 4.78 is 5.73. The van der Waals surface area contributed by atoms with Gasteiger partial charge < -0.3 is 14.7 Å². The number of rotatable bonds is 5. The van der Waals surface area contributed by atoms with Gasteiger partial charge in [0, 0.05) is 37.0 Å². The highest BCUT2D eigenvalue weighted by Crippen LogP contribution is 2.29. The standard InChI is InChI=1S/C19H19N3O2/c1-14-10-16(17(12-20)13-21)11-19(24-14)15-4-6-18(7-5-15)22(2)8-3-9-23/h4-7,10-11,23H,3,8-9H2,1-2H3. The third-order valence-corrected chi connectivity index (χ3v) is 3.67. The molecule has 0 saturated carbocycles. The van der Waals surface area contributed by atoms with Crippen LogP contribution >= 0.6 is 0 Å². The Hall–Kier alpha value is -3.02. The van der Waals surface area contributed by atoms with Crippen molar-refractivity contribution >= 4 is 11.4 Å². The lowest BCUT2D eigenvalue weighted by molar-refractivity contribution is 0.290. The van der Waals surface area contributed by atoms with Crippen LogP contribution in [0.2, 0.25) is 0 Å². The summed E-state index contributed by atoms with van der Waals surface area (Å²) >= 11 is 0. The average molecular weight is 321 g/mol. The molecule has 0 aliphatic carbocycles. The highest BCUT2D eigenvalue weighted by atomic mass is 16.5. The Labute approximate surface area is 142 Å². The summed E-state index contributed by atoms with van der Waals surface area (Å²) in [6.07, 6.45) is 4.11. The van der Waals surface area contributed by atoms with E-state index < -0.39 is 0 Å². The number of nitriles is 2. The van der Waals surface area contributed by atoms with Crippen LogP contribution in [0.3, 0.4) is 0 Å². The van der Waals surface area contributed by atoms with Crippen molar-refractivity contribution < 1.29 is 9.84 Å². The predicted molar refractivity (Wildman–Crippen MR) is 92.5 cm³/mol. The molecule has 0 spiro atoms. The van der Waals surface area contributed by atoms with Gasteiger partial charge in [0.05, 0.1) is 0 Å². The molecule has 1 aliphatic rings. The van der Waals surface area contributed by atoms with E-state index in [1.54, 1.807) is 19.1 Å². The number of hydrogen-bond acceptors (Lipinski definition) is 5. The summed E-state index contributed by atoms with van der Waals surface area (Å²) in [5.74, 6) is 1.24. The molecule has 122 valence electrons. The number of nitrogens with zero attached hydrogens (tertiary/aromatic N) is 3. The van der Waals surface area contributed by atoms with Crippen molar-refractivity contribution in [3.63, 3.8) is 0 Å². The van der Waals surface area contributed by atoms with Crippen LogP contribution in [0.4, 0.5) is 5.69 Å². The lowest BCUT2D eigenvalue weighted by Crippen LogP contribution is -2.19. The summed E-state index contributed by atoms with van der Waals surface area (Å²) in [7, 11) is 1.97. The predicted octanol–water partition coefficient (Wildman–Crippen LogP) is 3.12. The first-order valence-electron chi connectivity index (χ1n) is 7.63. The Morgan fingerprint density at radius 1 is 1.17 bits per heavy atom. The van der Waals surface area contributed by atoms with Gasteiger partial charge in [-0.3, -0.25) is 0 Å². The van der Waals surface area contributed by atoms with E-state index >= 15 is 0 Å². The number of aliphatic hydroxyl groups excluding tert-OH is 1. The van der Waals surface area contributed by atoms with Crippen molar-refractivity contribution in [2.24, 2.45) is 0 Å².